The van der Waals surface area contributed by atoms with Gasteiger partial charge in [-0.05, 0) is 43.9 Å². The van der Waals surface area contributed by atoms with Crippen LogP contribution in [0.4, 0.5) is 0 Å². The number of unbranched alkanes of at least 4 members (excludes halogenated alkanes) is 2. The number of hydrogen-bond acceptors (Lipinski definition) is 2. The number of benzene rings is 1. The predicted molar refractivity (Wildman–Crippen MR) is 72.1 cm³/mol. The van der Waals surface area contributed by atoms with Gasteiger partial charge < -0.3 is 9.84 Å². The third-order valence-electron chi connectivity index (χ3n) is 3.17. The Hall–Kier alpha value is -1.51. The highest BCUT2D eigenvalue weighted by Crippen LogP contribution is 2.23. The summed E-state index contributed by atoms with van der Waals surface area (Å²) in [6.07, 6.45) is 2.84. The van der Waals surface area contributed by atoms with E-state index >= 15 is 0 Å². The minimum Gasteiger partial charge on any atom is -0.479 e. The molecule has 0 spiro atoms. The molecule has 0 aliphatic carbocycles. The fourth-order valence-corrected chi connectivity index (χ4v) is 1.82. The van der Waals surface area contributed by atoms with Crippen LogP contribution in [0.2, 0.25) is 0 Å². The van der Waals surface area contributed by atoms with Gasteiger partial charge in [0.15, 0.2) is 6.10 Å². The van der Waals surface area contributed by atoms with Crippen LogP contribution in [0.25, 0.3) is 0 Å². The van der Waals surface area contributed by atoms with E-state index in [1.165, 1.54) is 0 Å². The van der Waals surface area contributed by atoms with Crippen molar-refractivity contribution in [3.05, 3.63) is 29.3 Å². The molecule has 1 atom stereocenters. The summed E-state index contributed by atoms with van der Waals surface area (Å²) >= 11 is 0. The van der Waals surface area contributed by atoms with Gasteiger partial charge in [-0.15, -0.1) is 0 Å². The van der Waals surface area contributed by atoms with Crippen molar-refractivity contribution in [2.45, 2.75) is 52.6 Å². The summed E-state index contributed by atoms with van der Waals surface area (Å²) in [5.41, 5.74) is 2.13. The minimum atomic E-state index is -0.882. The zero-order valence-electron chi connectivity index (χ0n) is 11.4. The van der Waals surface area contributed by atoms with Gasteiger partial charge in [-0.2, -0.15) is 0 Å². The van der Waals surface area contributed by atoms with E-state index < -0.39 is 12.1 Å². The molecule has 0 aliphatic rings. The van der Waals surface area contributed by atoms with Gasteiger partial charge in [0.2, 0.25) is 0 Å². The lowest BCUT2D eigenvalue weighted by atomic mass is 10.1. The van der Waals surface area contributed by atoms with E-state index in [2.05, 4.69) is 6.92 Å². The Bertz CT molecular complexity index is 399. The average molecular weight is 250 g/mol. The predicted octanol–water partition coefficient (Wildman–Crippen LogP) is 3.72. The molecule has 1 aromatic carbocycles. The second-order valence-corrected chi connectivity index (χ2v) is 4.64. The molecule has 0 radical (unpaired) electrons. The Morgan fingerprint density at radius 3 is 2.67 bits per heavy atom. The molecular formula is C15H22O3. The Kier molecular flexibility index (Phi) is 5.69. The number of carbonyl (C=O) groups is 1. The van der Waals surface area contributed by atoms with Crippen LogP contribution in [-0.2, 0) is 4.79 Å². The van der Waals surface area contributed by atoms with E-state index in [9.17, 15) is 4.79 Å². The van der Waals surface area contributed by atoms with Crippen molar-refractivity contribution in [1.82, 2.24) is 0 Å². The second kappa shape index (κ2) is 7.04. The lowest BCUT2D eigenvalue weighted by Crippen LogP contribution is -2.27. The number of carboxylic acid groups (broad SMARTS) is 1. The summed E-state index contributed by atoms with van der Waals surface area (Å²) in [6, 6.07) is 5.72. The van der Waals surface area contributed by atoms with Crippen molar-refractivity contribution in [2.24, 2.45) is 0 Å². The maximum atomic E-state index is 11.2. The summed E-state index contributed by atoms with van der Waals surface area (Å²) in [5, 5.41) is 9.17. The molecule has 0 saturated heterocycles. The summed E-state index contributed by atoms with van der Waals surface area (Å²) in [5.74, 6) is -0.203. The molecule has 18 heavy (non-hydrogen) atoms. The van der Waals surface area contributed by atoms with E-state index in [4.69, 9.17) is 9.84 Å². The normalized spacial score (nSPS) is 12.2. The van der Waals surface area contributed by atoms with Crippen LogP contribution in [-0.4, -0.2) is 17.2 Å². The second-order valence-electron chi connectivity index (χ2n) is 4.64. The standard InChI is InChI=1S/C15H22O3/c1-4-5-6-9-14(15(16)17)18-13-10-7-8-11(2)12(13)3/h7-8,10,14H,4-6,9H2,1-3H3,(H,16,17). The highest BCUT2D eigenvalue weighted by Gasteiger charge is 2.19. The first-order valence-electron chi connectivity index (χ1n) is 6.52. The van der Waals surface area contributed by atoms with Crippen molar-refractivity contribution in [1.29, 1.82) is 0 Å². The van der Waals surface area contributed by atoms with Crippen LogP contribution < -0.4 is 4.74 Å². The molecule has 0 aromatic heterocycles. The Morgan fingerprint density at radius 2 is 2.06 bits per heavy atom. The number of rotatable bonds is 7. The molecule has 3 nitrogen and oxygen atoms in total. The first-order chi connectivity index (χ1) is 8.56. The van der Waals surface area contributed by atoms with Crippen molar-refractivity contribution in [3.63, 3.8) is 0 Å². The third-order valence-corrected chi connectivity index (χ3v) is 3.17. The molecule has 0 saturated carbocycles. The number of carboxylic acids is 1. The maximum Gasteiger partial charge on any atom is 0.344 e. The molecular weight excluding hydrogens is 228 g/mol. The summed E-state index contributed by atoms with van der Waals surface area (Å²) < 4.78 is 5.63. The Morgan fingerprint density at radius 1 is 1.33 bits per heavy atom. The molecule has 0 amide bonds. The Labute approximate surface area is 109 Å². The SMILES string of the molecule is CCCCCC(Oc1cccc(C)c1C)C(=O)O. The fourth-order valence-electron chi connectivity index (χ4n) is 1.82. The lowest BCUT2D eigenvalue weighted by molar-refractivity contribution is -0.145. The van der Waals surface area contributed by atoms with Gasteiger partial charge in [0, 0.05) is 0 Å². The summed E-state index contributed by atoms with van der Waals surface area (Å²) in [4.78, 5) is 11.2. The fraction of sp³-hybridized carbons (Fsp3) is 0.533. The van der Waals surface area contributed by atoms with Gasteiger partial charge in [-0.1, -0.05) is 31.9 Å². The van der Waals surface area contributed by atoms with E-state index in [-0.39, 0.29) is 0 Å². The van der Waals surface area contributed by atoms with E-state index in [1.54, 1.807) is 0 Å². The van der Waals surface area contributed by atoms with Gasteiger partial charge in [0.25, 0.3) is 0 Å². The number of aliphatic carboxylic acids is 1. The first-order valence-corrected chi connectivity index (χ1v) is 6.52. The molecule has 0 aliphatic heterocycles. The topological polar surface area (TPSA) is 46.5 Å². The van der Waals surface area contributed by atoms with Crippen molar-refractivity contribution >= 4 is 5.97 Å². The average Bonchev–Trinajstić information content (AvgIpc) is 2.33. The van der Waals surface area contributed by atoms with Crippen LogP contribution in [0.1, 0.15) is 43.7 Å². The molecule has 0 fully saturated rings. The molecule has 1 unspecified atom stereocenters. The molecule has 100 valence electrons. The van der Waals surface area contributed by atoms with Crippen LogP contribution in [0.3, 0.4) is 0 Å². The first kappa shape index (κ1) is 14.6. The number of ether oxygens (including phenoxy) is 1. The van der Waals surface area contributed by atoms with Crippen LogP contribution in [0.15, 0.2) is 18.2 Å². The van der Waals surface area contributed by atoms with Crippen molar-refractivity contribution in [3.8, 4) is 5.75 Å². The largest absolute Gasteiger partial charge is 0.479 e. The van der Waals surface area contributed by atoms with Gasteiger partial charge in [-0.25, -0.2) is 4.79 Å². The van der Waals surface area contributed by atoms with Crippen molar-refractivity contribution in [2.75, 3.05) is 0 Å². The van der Waals surface area contributed by atoms with Crippen LogP contribution >= 0.6 is 0 Å². The zero-order valence-corrected chi connectivity index (χ0v) is 11.4. The van der Waals surface area contributed by atoms with Gasteiger partial charge >= 0.3 is 5.97 Å². The molecule has 1 N–H and O–H groups in total. The van der Waals surface area contributed by atoms with Crippen molar-refractivity contribution < 1.29 is 14.6 Å². The lowest BCUT2D eigenvalue weighted by Gasteiger charge is -2.17. The van der Waals surface area contributed by atoms with Crippen LogP contribution in [0.5, 0.6) is 5.75 Å². The smallest absolute Gasteiger partial charge is 0.344 e. The molecule has 3 heteroatoms. The van der Waals surface area contributed by atoms with Gasteiger partial charge in [-0.3, -0.25) is 0 Å². The maximum absolute atomic E-state index is 11.2. The van der Waals surface area contributed by atoms with E-state index in [0.29, 0.717) is 12.2 Å². The zero-order chi connectivity index (χ0) is 13.5. The molecule has 0 heterocycles. The summed E-state index contributed by atoms with van der Waals surface area (Å²) in [7, 11) is 0. The third kappa shape index (κ3) is 4.06. The monoisotopic (exact) mass is 250 g/mol. The van der Waals surface area contributed by atoms with Gasteiger partial charge in [0.1, 0.15) is 5.75 Å². The van der Waals surface area contributed by atoms with Gasteiger partial charge in [0.05, 0.1) is 0 Å². The quantitative estimate of drug-likeness (QED) is 0.750. The molecule has 1 rings (SSSR count). The summed E-state index contributed by atoms with van der Waals surface area (Å²) in [6.45, 7) is 6.05. The highest BCUT2D eigenvalue weighted by atomic mass is 16.5. The van der Waals surface area contributed by atoms with E-state index in [1.807, 2.05) is 32.0 Å². The number of aryl methyl sites for hydroxylation is 1. The van der Waals surface area contributed by atoms with E-state index in [0.717, 1.165) is 30.4 Å². The minimum absolute atomic E-state index is 0.566. The number of hydrogen-bond donors (Lipinski definition) is 1. The molecule has 0 bridgehead atoms. The molecule has 1 aromatic rings. The highest BCUT2D eigenvalue weighted by molar-refractivity contribution is 5.72. The van der Waals surface area contributed by atoms with Crippen LogP contribution in [0, 0.1) is 13.8 Å². The Balaban J connectivity index is 2.71.